The molecule has 0 radical (unpaired) electrons. The van der Waals surface area contributed by atoms with Crippen LogP contribution >= 0.6 is 11.6 Å². The van der Waals surface area contributed by atoms with Gasteiger partial charge in [0.05, 0.1) is 17.9 Å². The predicted octanol–water partition coefficient (Wildman–Crippen LogP) is 4.20. The fourth-order valence-electron chi connectivity index (χ4n) is 2.78. The Labute approximate surface area is 162 Å². The molecule has 1 aliphatic rings. The standard InChI is InChI=1S/C20H21ClN2O4/c1-12(2)20(25)27-13(3)19(24)23-17(18-5-4-10-26-18)11-16(22-23)14-6-8-15(21)9-7-14/h4-10,12-13,17H,11H2,1-3H3/t13-,17-/m1/s1. The molecule has 1 aromatic carbocycles. The van der Waals surface area contributed by atoms with Crippen LogP contribution in [0.1, 0.15) is 44.6 Å². The first-order valence-corrected chi connectivity index (χ1v) is 9.15. The second-order valence-electron chi connectivity index (χ2n) is 6.71. The van der Waals surface area contributed by atoms with E-state index >= 15 is 0 Å². The lowest BCUT2D eigenvalue weighted by molar-refractivity contribution is -0.162. The minimum Gasteiger partial charge on any atom is -0.467 e. The second-order valence-corrected chi connectivity index (χ2v) is 7.14. The molecule has 2 aromatic rings. The molecule has 3 rings (SSSR count). The monoisotopic (exact) mass is 388 g/mol. The van der Waals surface area contributed by atoms with Crippen LogP contribution in [0.3, 0.4) is 0 Å². The number of carbonyl (C=O) groups excluding carboxylic acids is 2. The topological polar surface area (TPSA) is 72.1 Å². The Bertz CT molecular complexity index is 843. The van der Waals surface area contributed by atoms with Gasteiger partial charge in [0.2, 0.25) is 0 Å². The molecule has 7 heteroatoms. The van der Waals surface area contributed by atoms with Crippen LogP contribution in [-0.4, -0.2) is 28.7 Å². The van der Waals surface area contributed by atoms with Crippen molar-refractivity contribution < 1.29 is 18.7 Å². The van der Waals surface area contributed by atoms with Gasteiger partial charge in [-0.1, -0.05) is 37.6 Å². The van der Waals surface area contributed by atoms with E-state index in [0.717, 1.165) is 11.3 Å². The van der Waals surface area contributed by atoms with Gasteiger partial charge in [0.25, 0.3) is 5.91 Å². The minimum absolute atomic E-state index is 0.312. The van der Waals surface area contributed by atoms with Crippen molar-refractivity contribution in [1.29, 1.82) is 0 Å². The number of esters is 1. The molecule has 0 spiro atoms. The number of carbonyl (C=O) groups is 2. The highest BCUT2D eigenvalue weighted by Gasteiger charge is 2.37. The van der Waals surface area contributed by atoms with Crippen molar-refractivity contribution in [2.24, 2.45) is 11.0 Å². The van der Waals surface area contributed by atoms with E-state index in [9.17, 15) is 9.59 Å². The Morgan fingerprint density at radius 3 is 2.52 bits per heavy atom. The van der Waals surface area contributed by atoms with Gasteiger partial charge in [-0.2, -0.15) is 5.10 Å². The molecule has 2 heterocycles. The SMILES string of the molecule is CC(C)C(=O)O[C@H](C)C(=O)N1N=C(c2ccc(Cl)cc2)C[C@@H]1c1ccco1. The smallest absolute Gasteiger partial charge is 0.309 e. The summed E-state index contributed by atoms with van der Waals surface area (Å²) >= 11 is 5.95. The van der Waals surface area contributed by atoms with Crippen LogP contribution in [0.4, 0.5) is 0 Å². The number of hydrogen-bond acceptors (Lipinski definition) is 5. The maximum Gasteiger partial charge on any atom is 0.309 e. The third kappa shape index (κ3) is 4.22. The fraction of sp³-hybridized carbons (Fsp3) is 0.350. The minimum atomic E-state index is -0.939. The van der Waals surface area contributed by atoms with Crippen LogP contribution in [0.25, 0.3) is 0 Å². The van der Waals surface area contributed by atoms with Crippen LogP contribution < -0.4 is 0 Å². The van der Waals surface area contributed by atoms with Gasteiger partial charge in [-0.05, 0) is 36.8 Å². The second kappa shape index (κ2) is 7.96. The van der Waals surface area contributed by atoms with Crippen molar-refractivity contribution >= 4 is 29.2 Å². The first-order valence-electron chi connectivity index (χ1n) is 8.77. The molecule has 0 saturated heterocycles. The summed E-state index contributed by atoms with van der Waals surface area (Å²) < 4.78 is 10.8. The third-order valence-corrected chi connectivity index (χ3v) is 4.55. The molecular formula is C20H21ClN2O4. The van der Waals surface area contributed by atoms with Crippen molar-refractivity contribution in [2.75, 3.05) is 0 Å². The van der Waals surface area contributed by atoms with Crippen molar-refractivity contribution in [3.63, 3.8) is 0 Å². The van der Waals surface area contributed by atoms with Gasteiger partial charge < -0.3 is 9.15 Å². The summed E-state index contributed by atoms with van der Waals surface area (Å²) in [6, 6.07) is 10.4. The van der Waals surface area contributed by atoms with E-state index in [1.54, 1.807) is 51.3 Å². The Kier molecular flexibility index (Phi) is 5.65. The average molecular weight is 389 g/mol. The van der Waals surface area contributed by atoms with E-state index in [4.69, 9.17) is 20.8 Å². The molecule has 0 fully saturated rings. The van der Waals surface area contributed by atoms with Crippen LogP contribution in [0.2, 0.25) is 5.02 Å². The molecule has 0 N–H and O–H groups in total. The fourth-order valence-corrected chi connectivity index (χ4v) is 2.91. The zero-order valence-corrected chi connectivity index (χ0v) is 16.1. The number of halogens is 1. The molecule has 6 nitrogen and oxygen atoms in total. The summed E-state index contributed by atoms with van der Waals surface area (Å²) in [6.07, 6.45) is 1.11. The zero-order chi connectivity index (χ0) is 19.6. The molecule has 0 unspecified atom stereocenters. The molecule has 1 aromatic heterocycles. The lowest BCUT2D eigenvalue weighted by Crippen LogP contribution is -2.37. The molecule has 0 aliphatic carbocycles. The van der Waals surface area contributed by atoms with E-state index in [2.05, 4.69) is 5.10 Å². The lowest BCUT2D eigenvalue weighted by atomic mass is 10.0. The highest BCUT2D eigenvalue weighted by atomic mass is 35.5. The van der Waals surface area contributed by atoms with Gasteiger partial charge in [0, 0.05) is 11.4 Å². The Morgan fingerprint density at radius 2 is 1.93 bits per heavy atom. The highest BCUT2D eigenvalue weighted by molar-refractivity contribution is 6.30. The zero-order valence-electron chi connectivity index (χ0n) is 15.4. The largest absolute Gasteiger partial charge is 0.467 e. The summed E-state index contributed by atoms with van der Waals surface area (Å²) in [5, 5.41) is 6.48. The van der Waals surface area contributed by atoms with E-state index in [-0.39, 0.29) is 5.92 Å². The van der Waals surface area contributed by atoms with Crippen molar-refractivity contribution in [2.45, 2.75) is 39.3 Å². The van der Waals surface area contributed by atoms with Crippen molar-refractivity contribution in [3.05, 3.63) is 59.0 Å². The van der Waals surface area contributed by atoms with Gasteiger partial charge >= 0.3 is 5.97 Å². The number of benzene rings is 1. The summed E-state index contributed by atoms with van der Waals surface area (Å²) in [4.78, 5) is 24.8. The molecule has 1 amide bonds. The highest BCUT2D eigenvalue weighted by Crippen LogP contribution is 2.34. The van der Waals surface area contributed by atoms with Crippen LogP contribution in [0.5, 0.6) is 0 Å². The Balaban J connectivity index is 1.86. The molecule has 0 bridgehead atoms. The summed E-state index contributed by atoms with van der Waals surface area (Å²) in [6.45, 7) is 4.99. The molecular weight excluding hydrogens is 368 g/mol. The molecule has 0 saturated carbocycles. The number of hydrogen-bond donors (Lipinski definition) is 0. The number of furan rings is 1. The van der Waals surface area contributed by atoms with Gasteiger partial charge in [0.1, 0.15) is 11.8 Å². The number of ether oxygens (including phenoxy) is 1. The number of hydrazone groups is 1. The lowest BCUT2D eigenvalue weighted by Gasteiger charge is -2.23. The van der Waals surface area contributed by atoms with Gasteiger partial charge in [-0.25, -0.2) is 5.01 Å². The van der Waals surface area contributed by atoms with Gasteiger partial charge in [-0.15, -0.1) is 0 Å². The maximum atomic E-state index is 12.9. The van der Waals surface area contributed by atoms with Gasteiger partial charge in [0.15, 0.2) is 6.10 Å². The quantitative estimate of drug-likeness (QED) is 0.719. The average Bonchev–Trinajstić information content (AvgIpc) is 3.31. The first-order chi connectivity index (χ1) is 12.9. The van der Waals surface area contributed by atoms with Crippen LogP contribution in [-0.2, 0) is 14.3 Å². The van der Waals surface area contributed by atoms with E-state index in [1.807, 2.05) is 12.1 Å². The number of rotatable bonds is 5. The summed E-state index contributed by atoms with van der Waals surface area (Å²) in [5.41, 5.74) is 1.61. The van der Waals surface area contributed by atoms with E-state index < -0.39 is 24.0 Å². The number of amides is 1. The van der Waals surface area contributed by atoms with E-state index in [1.165, 1.54) is 5.01 Å². The van der Waals surface area contributed by atoms with Crippen molar-refractivity contribution in [1.82, 2.24) is 5.01 Å². The maximum absolute atomic E-state index is 12.9. The first kappa shape index (κ1) is 19.2. The molecule has 2 atom stereocenters. The number of nitrogens with zero attached hydrogens (tertiary/aromatic N) is 2. The summed E-state index contributed by atoms with van der Waals surface area (Å²) in [7, 11) is 0. The third-order valence-electron chi connectivity index (χ3n) is 4.30. The predicted molar refractivity (Wildman–Crippen MR) is 101 cm³/mol. The van der Waals surface area contributed by atoms with Crippen molar-refractivity contribution in [3.8, 4) is 0 Å². The normalized spacial score (nSPS) is 17.7. The van der Waals surface area contributed by atoms with Crippen LogP contribution in [0, 0.1) is 5.92 Å². The molecule has 27 heavy (non-hydrogen) atoms. The molecule has 142 valence electrons. The van der Waals surface area contributed by atoms with Crippen LogP contribution in [0.15, 0.2) is 52.2 Å². The van der Waals surface area contributed by atoms with E-state index in [0.29, 0.717) is 17.2 Å². The summed E-state index contributed by atoms with van der Waals surface area (Å²) in [5.74, 6) is -0.507. The molecule has 1 aliphatic heterocycles. The Hall–Kier alpha value is -2.60. The van der Waals surface area contributed by atoms with Gasteiger partial charge in [-0.3, -0.25) is 9.59 Å². The Morgan fingerprint density at radius 1 is 1.22 bits per heavy atom.